The molecule has 0 bridgehead atoms. The molecule has 2 aromatic rings. The van der Waals surface area contributed by atoms with Crippen molar-refractivity contribution in [3.63, 3.8) is 0 Å². The van der Waals surface area contributed by atoms with Crippen molar-refractivity contribution < 1.29 is 14.1 Å². The van der Waals surface area contributed by atoms with Crippen LogP contribution in [0.5, 0.6) is 0 Å². The number of rotatable bonds is 5. The largest absolute Gasteiger partial charge is 0.325 e. The fourth-order valence-electron chi connectivity index (χ4n) is 2.15. The molecule has 0 saturated heterocycles. The molecular weight excluding hydrogens is 331 g/mol. The highest BCUT2D eigenvalue weighted by Gasteiger charge is 2.19. The summed E-state index contributed by atoms with van der Waals surface area (Å²) in [6.07, 6.45) is 0. The summed E-state index contributed by atoms with van der Waals surface area (Å²) in [6, 6.07) is 9.26. The van der Waals surface area contributed by atoms with Gasteiger partial charge in [0.1, 0.15) is 0 Å². The molecule has 0 radical (unpaired) electrons. The Morgan fingerprint density at radius 1 is 1.25 bits per heavy atom. The molecule has 126 valence electrons. The number of aryl methyl sites for hydroxylation is 2. The van der Waals surface area contributed by atoms with Crippen LogP contribution in [0.3, 0.4) is 0 Å². The number of amides is 1. The Bertz CT molecular complexity index is 795. The molecule has 1 atom stereocenters. The van der Waals surface area contributed by atoms with Gasteiger partial charge in [-0.2, -0.15) is 4.39 Å². The number of nitro benzene ring substituents is 1. The summed E-state index contributed by atoms with van der Waals surface area (Å²) < 4.78 is 13.3. The second-order valence-corrected chi connectivity index (χ2v) is 6.82. The maximum atomic E-state index is 13.3. The van der Waals surface area contributed by atoms with Crippen LogP contribution in [-0.2, 0) is 4.79 Å². The number of nitrogens with zero attached hydrogens (tertiary/aromatic N) is 1. The monoisotopic (exact) mass is 348 g/mol. The highest BCUT2D eigenvalue weighted by atomic mass is 32.2. The van der Waals surface area contributed by atoms with Gasteiger partial charge in [0.15, 0.2) is 0 Å². The molecule has 0 aliphatic rings. The van der Waals surface area contributed by atoms with Crippen molar-refractivity contribution in [1.82, 2.24) is 0 Å². The van der Waals surface area contributed by atoms with Crippen LogP contribution in [0.2, 0.25) is 0 Å². The van der Waals surface area contributed by atoms with E-state index in [1.54, 1.807) is 6.92 Å². The number of thioether (sulfide) groups is 1. The Morgan fingerprint density at radius 3 is 2.58 bits per heavy atom. The quantitative estimate of drug-likeness (QED) is 0.491. The van der Waals surface area contributed by atoms with Gasteiger partial charge < -0.3 is 5.32 Å². The van der Waals surface area contributed by atoms with Crippen LogP contribution < -0.4 is 5.32 Å². The second kappa shape index (κ2) is 7.44. The topological polar surface area (TPSA) is 72.2 Å². The van der Waals surface area contributed by atoms with Crippen molar-refractivity contribution in [1.29, 1.82) is 0 Å². The molecule has 2 aromatic carbocycles. The Hall–Kier alpha value is -2.41. The summed E-state index contributed by atoms with van der Waals surface area (Å²) >= 11 is 1.40. The van der Waals surface area contributed by atoms with Crippen LogP contribution >= 0.6 is 11.8 Å². The first-order valence-electron chi connectivity index (χ1n) is 7.26. The van der Waals surface area contributed by atoms with E-state index in [9.17, 15) is 19.3 Å². The smallest absolute Gasteiger partial charge is 0.306 e. The van der Waals surface area contributed by atoms with Gasteiger partial charge in [-0.05, 0) is 44.5 Å². The highest BCUT2D eigenvalue weighted by Crippen LogP contribution is 2.28. The first kappa shape index (κ1) is 17.9. The first-order valence-corrected chi connectivity index (χ1v) is 8.14. The molecule has 0 heterocycles. The number of carbonyl (C=O) groups is 1. The number of hydrogen-bond acceptors (Lipinski definition) is 4. The number of halogens is 1. The molecule has 5 nitrogen and oxygen atoms in total. The Morgan fingerprint density at radius 2 is 1.96 bits per heavy atom. The third-order valence-corrected chi connectivity index (χ3v) is 4.69. The maximum absolute atomic E-state index is 13.3. The van der Waals surface area contributed by atoms with E-state index in [4.69, 9.17) is 0 Å². The van der Waals surface area contributed by atoms with Crippen molar-refractivity contribution >= 4 is 29.0 Å². The zero-order valence-corrected chi connectivity index (χ0v) is 14.3. The highest BCUT2D eigenvalue weighted by molar-refractivity contribution is 8.00. The van der Waals surface area contributed by atoms with E-state index in [1.807, 2.05) is 32.0 Å². The number of benzene rings is 2. The maximum Gasteiger partial charge on any atom is 0.306 e. The third-order valence-electron chi connectivity index (χ3n) is 3.41. The van der Waals surface area contributed by atoms with Gasteiger partial charge in [-0.1, -0.05) is 17.7 Å². The van der Waals surface area contributed by atoms with Crippen molar-refractivity contribution in [3.05, 3.63) is 63.5 Å². The lowest BCUT2D eigenvalue weighted by atomic mass is 10.2. The number of nitrogens with one attached hydrogen (secondary N) is 1. The zero-order chi connectivity index (χ0) is 17.9. The van der Waals surface area contributed by atoms with Crippen molar-refractivity contribution in [2.45, 2.75) is 30.9 Å². The van der Waals surface area contributed by atoms with Gasteiger partial charge in [-0.3, -0.25) is 14.9 Å². The van der Waals surface area contributed by atoms with Gasteiger partial charge >= 0.3 is 5.69 Å². The van der Waals surface area contributed by atoms with E-state index in [0.717, 1.165) is 28.2 Å². The Balaban J connectivity index is 2.09. The van der Waals surface area contributed by atoms with Gasteiger partial charge in [0.05, 0.1) is 10.2 Å². The van der Waals surface area contributed by atoms with Crippen LogP contribution in [-0.4, -0.2) is 16.1 Å². The molecule has 0 aliphatic heterocycles. The lowest BCUT2D eigenvalue weighted by Crippen LogP contribution is -2.22. The van der Waals surface area contributed by atoms with Crippen molar-refractivity contribution in [3.8, 4) is 0 Å². The van der Waals surface area contributed by atoms with Gasteiger partial charge in [-0.15, -0.1) is 11.8 Å². The molecule has 7 heteroatoms. The second-order valence-electron chi connectivity index (χ2n) is 5.44. The molecule has 0 saturated carbocycles. The average Bonchev–Trinajstić information content (AvgIpc) is 2.51. The zero-order valence-electron chi connectivity index (χ0n) is 13.5. The van der Waals surface area contributed by atoms with Gasteiger partial charge in [0.25, 0.3) is 0 Å². The van der Waals surface area contributed by atoms with E-state index >= 15 is 0 Å². The number of anilines is 1. The minimum atomic E-state index is -0.935. The standard InChI is InChI=1S/C17H17FN2O3S/c1-10-4-7-16(11(2)8-10)24-12(3)17(21)19-13-5-6-14(18)15(9-13)20(22)23/h4-9,12H,1-3H3,(H,19,21). The molecule has 0 aromatic heterocycles. The molecule has 24 heavy (non-hydrogen) atoms. The molecule has 0 fully saturated rings. The summed E-state index contributed by atoms with van der Waals surface area (Å²) in [6.45, 7) is 5.72. The molecule has 1 N–H and O–H groups in total. The van der Waals surface area contributed by atoms with Crippen LogP contribution in [0, 0.1) is 29.8 Å². The summed E-state index contributed by atoms with van der Waals surface area (Å²) in [5.41, 5.74) is 1.76. The van der Waals surface area contributed by atoms with Crippen molar-refractivity contribution in [2.75, 3.05) is 5.32 Å². The van der Waals surface area contributed by atoms with Crippen LogP contribution in [0.15, 0.2) is 41.3 Å². The summed E-state index contributed by atoms with van der Waals surface area (Å²) in [4.78, 5) is 23.2. The predicted octanol–water partition coefficient (Wildman–Crippen LogP) is 4.47. The molecular formula is C17H17FN2O3S. The predicted molar refractivity (Wildman–Crippen MR) is 92.9 cm³/mol. The van der Waals surface area contributed by atoms with Gasteiger partial charge in [0.2, 0.25) is 11.7 Å². The SMILES string of the molecule is Cc1ccc(SC(C)C(=O)Nc2ccc(F)c([N+](=O)[O-])c2)c(C)c1. The van der Waals surface area contributed by atoms with Crippen molar-refractivity contribution in [2.24, 2.45) is 0 Å². The fraction of sp³-hybridized carbons (Fsp3) is 0.235. The number of nitro groups is 1. The molecule has 0 spiro atoms. The normalized spacial score (nSPS) is 11.8. The van der Waals surface area contributed by atoms with E-state index in [2.05, 4.69) is 5.32 Å². The van der Waals surface area contributed by atoms with Crippen LogP contribution in [0.1, 0.15) is 18.1 Å². The molecule has 1 unspecified atom stereocenters. The van der Waals surface area contributed by atoms with Crippen LogP contribution in [0.25, 0.3) is 0 Å². The Labute approximate surface area is 143 Å². The molecule has 0 aliphatic carbocycles. The minimum absolute atomic E-state index is 0.196. The van der Waals surface area contributed by atoms with E-state index in [-0.39, 0.29) is 11.6 Å². The third kappa shape index (κ3) is 4.32. The average molecular weight is 348 g/mol. The van der Waals surface area contributed by atoms with E-state index in [1.165, 1.54) is 17.8 Å². The summed E-state index contributed by atoms with van der Waals surface area (Å²) in [7, 11) is 0. The number of hydrogen-bond donors (Lipinski definition) is 1. The molecule has 1 amide bonds. The van der Waals surface area contributed by atoms with Gasteiger partial charge in [0, 0.05) is 16.6 Å². The first-order chi connectivity index (χ1) is 11.3. The number of carbonyl (C=O) groups excluding carboxylic acids is 1. The summed E-state index contributed by atoms with van der Waals surface area (Å²) in [5, 5.41) is 12.9. The lowest BCUT2D eigenvalue weighted by molar-refractivity contribution is -0.387. The Kier molecular flexibility index (Phi) is 5.56. The molecule has 2 rings (SSSR count). The van der Waals surface area contributed by atoms with Crippen LogP contribution in [0.4, 0.5) is 15.8 Å². The van der Waals surface area contributed by atoms with Gasteiger partial charge in [-0.25, -0.2) is 0 Å². The summed E-state index contributed by atoms with van der Waals surface area (Å²) in [5.74, 6) is -1.24. The van der Waals surface area contributed by atoms with E-state index in [0.29, 0.717) is 0 Å². The fourth-order valence-corrected chi connectivity index (χ4v) is 3.09. The minimum Gasteiger partial charge on any atom is -0.325 e. The lowest BCUT2D eigenvalue weighted by Gasteiger charge is -2.14. The van der Waals surface area contributed by atoms with E-state index < -0.39 is 21.7 Å².